The van der Waals surface area contributed by atoms with Crippen molar-refractivity contribution in [2.24, 2.45) is 11.8 Å². The molecule has 20 heavy (non-hydrogen) atoms. The van der Waals surface area contributed by atoms with Crippen LogP contribution in [0.25, 0.3) is 0 Å². The van der Waals surface area contributed by atoms with Crippen LogP contribution in [0.5, 0.6) is 0 Å². The molecule has 0 aliphatic carbocycles. The second kappa shape index (κ2) is 7.24. The number of ether oxygens (including phenoxy) is 1. The molecule has 0 amide bonds. The van der Waals surface area contributed by atoms with Crippen molar-refractivity contribution in [3.63, 3.8) is 0 Å². The van der Waals surface area contributed by atoms with Crippen LogP contribution in [0, 0.1) is 11.8 Å². The fourth-order valence-corrected chi connectivity index (χ4v) is 3.80. The monoisotopic (exact) mass is 282 g/mol. The number of nitrogens with one attached hydrogen (secondary N) is 1. The lowest BCUT2D eigenvalue weighted by Crippen LogP contribution is -2.63. The Hall–Kier alpha value is -0.120. The molecule has 2 rings (SSSR count). The molecule has 2 heterocycles. The normalized spacial score (nSPS) is 38.1. The van der Waals surface area contributed by atoms with Crippen molar-refractivity contribution in [2.75, 3.05) is 19.7 Å². The summed E-state index contributed by atoms with van der Waals surface area (Å²) in [6.07, 6.45) is 4.11. The Balaban J connectivity index is 2.06. The van der Waals surface area contributed by atoms with Crippen LogP contribution in [-0.2, 0) is 4.74 Å². The van der Waals surface area contributed by atoms with Crippen molar-refractivity contribution in [2.45, 2.75) is 78.1 Å². The minimum atomic E-state index is 0.429. The standard InChI is InChI=1S/C17H34N2O/c1-6-13(4)16-11-19(17(10-18-16)12(2)3)15-7-8-20-14(5)9-15/h12-18H,6-11H2,1-5H3. The summed E-state index contributed by atoms with van der Waals surface area (Å²) >= 11 is 0. The average Bonchev–Trinajstić information content (AvgIpc) is 2.45. The third kappa shape index (κ3) is 3.75. The van der Waals surface area contributed by atoms with Gasteiger partial charge in [-0.25, -0.2) is 0 Å². The Labute approximate surface area is 125 Å². The Bertz CT molecular complexity index is 295. The third-order valence-electron chi connectivity index (χ3n) is 5.45. The van der Waals surface area contributed by atoms with E-state index in [1.54, 1.807) is 0 Å². The predicted octanol–water partition coefficient (Wildman–Crippen LogP) is 2.90. The number of hydrogen-bond acceptors (Lipinski definition) is 3. The van der Waals surface area contributed by atoms with Crippen LogP contribution in [-0.4, -0.2) is 48.8 Å². The van der Waals surface area contributed by atoms with Crippen molar-refractivity contribution >= 4 is 0 Å². The van der Waals surface area contributed by atoms with Gasteiger partial charge in [-0.15, -0.1) is 0 Å². The maximum atomic E-state index is 5.75. The van der Waals surface area contributed by atoms with Crippen molar-refractivity contribution in [1.29, 1.82) is 0 Å². The van der Waals surface area contributed by atoms with E-state index in [9.17, 15) is 0 Å². The van der Waals surface area contributed by atoms with Gasteiger partial charge < -0.3 is 10.1 Å². The molecule has 118 valence electrons. The highest BCUT2D eigenvalue weighted by Crippen LogP contribution is 2.27. The van der Waals surface area contributed by atoms with E-state index in [4.69, 9.17) is 4.74 Å². The Morgan fingerprint density at radius 3 is 2.65 bits per heavy atom. The molecular formula is C17H34N2O. The van der Waals surface area contributed by atoms with E-state index in [1.165, 1.54) is 25.8 Å². The van der Waals surface area contributed by atoms with Crippen LogP contribution in [0.1, 0.15) is 53.9 Å². The Morgan fingerprint density at radius 1 is 1.30 bits per heavy atom. The topological polar surface area (TPSA) is 24.5 Å². The van der Waals surface area contributed by atoms with Gasteiger partial charge in [0.15, 0.2) is 0 Å². The third-order valence-corrected chi connectivity index (χ3v) is 5.45. The van der Waals surface area contributed by atoms with E-state index in [2.05, 4.69) is 44.8 Å². The molecule has 0 aromatic rings. The fourth-order valence-electron chi connectivity index (χ4n) is 3.80. The second-order valence-corrected chi connectivity index (χ2v) is 7.27. The molecule has 5 unspecified atom stereocenters. The largest absolute Gasteiger partial charge is 0.378 e. The molecule has 2 aliphatic rings. The highest BCUT2D eigenvalue weighted by molar-refractivity contribution is 4.94. The Kier molecular flexibility index (Phi) is 5.88. The lowest BCUT2D eigenvalue weighted by Gasteiger charge is -2.49. The molecule has 1 N–H and O–H groups in total. The quantitative estimate of drug-likeness (QED) is 0.858. The van der Waals surface area contributed by atoms with Crippen LogP contribution < -0.4 is 5.32 Å². The van der Waals surface area contributed by atoms with Crippen LogP contribution in [0.3, 0.4) is 0 Å². The zero-order valence-electron chi connectivity index (χ0n) is 14.1. The first-order chi connectivity index (χ1) is 9.52. The van der Waals surface area contributed by atoms with E-state index in [-0.39, 0.29) is 0 Å². The first-order valence-corrected chi connectivity index (χ1v) is 8.63. The predicted molar refractivity (Wildman–Crippen MR) is 85.0 cm³/mol. The molecular weight excluding hydrogens is 248 g/mol. The summed E-state index contributed by atoms with van der Waals surface area (Å²) in [4.78, 5) is 2.82. The molecule has 3 nitrogen and oxygen atoms in total. The molecule has 2 saturated heterocycles. The van der Waals surface area contributed by atoms with E-state index in [0.717, 1.165) is 31.0 Å². The molecule has 0 bridgehead atoms. The summed E-state index contributed by atoms with van der Waals surface area (Å²) in [7, 11) is 0. The molecule has 0 spiro atoms. The minimum absolute atomic E-state index is 0.429. The van der Waals surface area contributed by atoms with Crippen molar-refractivity contribution < 1.29 is 4.74 Å². The molecule has 3 heteroatoms. The highest BCUT2D eigenvalue weighted by atomic mass is 16.5. The number of nitrogens with zero attached hydrogens (tertiary/aromatic N) is 1. The smallest absolute Gasteiger partial charge is 0.0561 e. The number of hydrogen-bond donors (Lipinski definition) is 1. The van der Waals surface area contributed by atoms with Crippen molar-refractivity contribution in [1.82, 2.24) is 10.2 Å². The summed E-state index contributed by atoms with van der Waals surface area (Å²) in [6, 6.07) is 2.07. The zero-order chi connectivity index (χ0) is 14.7. The van der Waals surface area contributed by atoms with Gasteiger partial charge in [-0.1, -0.05) is 34.1 Å². The lowest BCUT2D eigenvalue weighted by atomic mass is 9.89. The van der Waals surface area contributed by atoms with Gasteiger partial charge in [0.05, 0.1) is 6.10 Å². The summed E-state index contributed by atoms with van der Waals surface area (Å²) in [6.45, 7) is 15.0. The molecule has 2 fully saturated rings. The second-order valence-electron chi connectivity index (χ2n) is 7.27. The van der Waals surface area contributed by atoms with Crippen molar-refractivity contribution in [3.05, 3.63) is 0 Å². The average molecular weight is 282 g/mol. The fraction of sp³-hybridized carbons (Fsp3) is 1.00. The maximum Gasteiger partial charge on any atom is 0.0561 e. The summed E-state index contributed by atoms with van der Waals surface area (Å²) in [5.74, 6) is 1.49. The number of rotatable bonds is 4. The van der Waals surface area contributed by atoms with Gasteiger partial charge in [-0.05, 0) is 31.6 Å². The Morgan fingerprint density at radius 2 is 2.05 bits per heavy atom. The van der Waals surface area contributed by atoms with Crippen LogP contribution >= 0.6 is 0 Å². The van der Waals surface area contributed by atoms with Gasteiger partial charge in [0.25, 0.3) is 0 Å². The molecule has 0 aromatic carbocycles. The highest BCUT2D eigenvalue weighted by Gasteiger charge is 2.37. The van der Waals surface area contributed by atoms with Crippen LogP contribution in [0.15, 0.2) is 0 Å². The summed E-state index contributed by atoms with van der Waals surface area (Å²) in [5, 5.41) is 3.81. The number of piperazine rings is 1. The van der Waals surface area contributed by atoms with Gasteiger partial charge in [-0.3, -0.25) is 4.90 Å². The summed E-state index contributed by atoms with van der Waals surface area (Å²) < 4.78 is 5.75. The van der Waals surface area contributed by atoms with E-state index < -0.39 is 0 Å². The van der Waals surface area contributed by atoms with Gasteiger partial charge >= 0.3 is 0 Å². The minimum Gasteiger partial charge on any atom is -0.378 e. The zero-order valence-corrected chi connectivity index (χ0v) is 14.1. The van der Waals surface area contributed by atoms with Crippen molar-refractivity contribution in [3.8, 4) is 0 Å². The van der Waals surface area contributed by atoms with E-state index in [0.29, 0.717) is 18.2 Å². The van der Waals surface area contributed by atoms with Gasteiger partial charge in [0, 0.05) is 37.8 Å². The van der Waals surface area contributed by atoms with E-state index in [1.807, 2.05) is 0 Å². The molecule has 5 atom stereocenters. The molecule has 2 aliphatic heterocycles. The first-order valence-electron chi connectivity index (χ1n) is 8.63. The summed E-state index contributed by atoms with van der Waals surface area (Å²) in [5.41, 5.74) is 0. The van der Waals surface area contributed by atoms with Crippen LogP contribution in [0.2, 0.25) is 0 Å². The lowest BCUT2D eigenvalue weighted by molar-refractivity contribution is -0.0475. The SMILES string of the molecule is CCC(C)C1CN(C2CCOC(C)C2)C(C(C)C)CN1. The van der Waals surface area contributed by atoms with Gasteiger partial charge in [-0.2, -0.15) is 0 Å². The van der Waals surface area contributed by atoms with Gasteiger partial charge in [0.1, 0.15) is 0 Å². The molecule has 0 saturated carbocycles. The molecule has 0 aromatic heterocycles. The van der Waals surface area contributed by atoms with Crippen LogP contribution in [0.4, 0.5) is 0 Å². The first kappa shape index (κ1) is 16.3. The van der Waals surface area contributed by atoms with Gasteiger partial charge in [0.2, 0.25) is 0 Å². The molecule has 0 radical (unpaired) electrons. The maximum absolute atomic E-state index is 5.75. The van der Waals surface area contributed by atoms with E-state index >= 15 is 0 Å².